The average molecular weight is 236 g/mol. The number of nitrogens with two attached hydrogens (primary N) is 1. The maximum Gasteiger partial charge on any atom is 0.131 e. The number of rotatable bonds is 2. The van der Waals surface area contributed by atoms with Crippen molar-refractivity contribution in [2.24, 2.45) is 5.73 Å². The molecule has 2 N–H and O–H groups in total. The maximum absolute atomic E-state index is 13.6. The zero-order valence-electron chi connectivity index (χ0n) is 8.58. The highest BCUT2D eigenvalue weighted by Gasteiger charge is 2.08. The number of hydrogen-bond acceptors (Lipinski definition) is 1. The molecule has 0 heterocycles. The Bertz CT molecular complexity index is 511. The van der Waals surface area contributed by atoms with Crippen LogP contribution in [0.3, 0.4) is 0 Å². The summed E-state index contributed by atoms with van der Waals surface area (Å²) in [6.45, 7) is 0.415. The molecule has 0 aliphatic rings. The van der Waals surface area contributed by atoms with Crippen molar-refractivity contribution < 1.29 is 4.39 Å². The predicted octanol–water partition coefficient (Wildman–Crippen LogP) is 3.60. The summed E-state index contributed by atoms with van der Waals surface area (Å²) in [7, 11) is 0. The van der Waals surface area contributed by atoms with Crippen molar-refractivity contribution in [3.8, 4) is 11.1 Å². The van der Waals surface area contributed by atoms with Gasteiger partial charge in [0.05, 0.1) is 0 Å². The first-order chi connectivity index (χ1) is 7.72. The molecule has 0 spiro atoms. The van der Waals surface area contributed by atoms with Crippen molar-refractivity contribution in [1.29, 1.82) is 0 Å². The summed E-state index contributed by atoms with van der Waals surface area (Å²) < 4.78 is 13.6. The van der Waals surface area contributed by atoms with Gasteiger partial charge in [-0.3, -0.25) is 0 Å². The van der Waals surface area contributed by atoms with Crippen molar-refractivity contribution in [3.63, 3.8) is 0 Å². The van der Waals surface area contributed by atoms with E-state index in [1.807, 2.05) is 12.1 Å². The summed E-state index contributed by atoms with van der Waals surface area (Å²) in [6.07, 6.45) is 0. The van der Waals surface area contributed by atoms with Gasteiger partial charge in [-0.15, -0.1) is 0 Å². The quantitative estimate of drug-likeness (QED) is 0.846. The summed E-state index contributed by atoms with van der Waals surface area (Å²) in [6, 6.07) is 12.0. The zero-order valence-corrected chi connectivity index (χ0v) is 9.34. The topological polar surface area (TPSA) is 26.0 Å². The highest BCUT2D eigenvalue weighted by atomic mass is 35.5. The monoisotopic (exact) mass is 235 g/mol. The van der Waals surface area contributed by atoms with Gasteiger partial charge in [-0.2, -0.15) is 0 Å². The lowest BCUT2D eigenvalue weighted by atomic mass is 10.0. The minimum absolute atomic E-state index is 0.279. The summed E-state index contributed by atoms with van der Waals surface area (Å²) >= 11 is 6.05. The Morgan fingerprint density at radius 2 is 1.81 bits per heavy atom. The lowest BCUT2D eigenvalue weighted by Gasteiger charge is -2.07. The molecular formula is C13H11ClFN. The molecule has 0 fully saturated rings. The minimum Gasteiger partial charge on any atom is -0.326 e. The molecule has 0 aromatic heterocycles. The second-order valence-corrected chi connectivity index (χ2v) is 3.91. The molecule has 0 amide bonds. The third-order valence-electron chi connectivity index (χ3n) is 2.43. The van der Waals surface area contributed by atoms with Crippen molar-refractivity contribution in [1.82, 2.24) is 0 Å². The van der Waals surface area contributed by atoms with Crippen LogP contribution in [0.25, 0.3) is 11.1 Å². The van der Waals surface area contributed by atoms with Crippen LogP contribution >= 0.6 is 11.6 Å². The lowest BCUT2D eigenvalue weighted by molar-refractivity contribution is 0.631. The molecule has 2 aromatic carbocycles. The molecule has 0 bridgehead atoms. The molecule has 0 unspecified atom stereocenters. The molecule has 0 atom stereocenters. The summed E-state index contributed by atoms with van der Waals surface area (Å²) in [5.74, 6) is -0.279. The highest BCUT2D eigenvalue weighted by Crippen LogP contribution is 2.30. The molecule has 0 saturated heterocycles. The molecule has 3 heteroatoms. The highest BCUT2D eigenvalue weighted by molar-refractivity contribution is 6.33. The second kappa shape index (κ2) is 4.64. The van der Waals surface area contributed by atoms with Gasteiger partial charge in [-0.05, 0) is 23.8 Å². The molecule has 2 aromatic rings. The Labute approximate surface area is 98.7 Å². The first-order valence-electron chi connectivity index (χ1n) is 4.96. The Kier molecular flexibility index (Phi) is 3.22. The van der Waals surface area contributed by atoms with E-state index < -0.39 is 0 Å². The van der Waals surface area contributed by atoms with E-state index in [0.29, 0.717) is 22.7 Å². The third kappa shape index (κ3) is 2.08. The van der Waals surface area contributed by atoms with Crippen molar-refractivity contribution in [2.45, 2.75) is 6.54 Å². The van der Waals surface area contributed by atoms with Crippen molar-refractivity contribution >= 4 is 11.6 Å². The van der Waals surface area contributed by atoms with Gasteiger partial charge < -0.3 is 5.73 Å². The van der Waals surface area contributed by atoms with E-state index in [-0.39, 0.29) is 5.82 Å². The van der Waals surface area contributed by atoms with E-state index in [4.69, 9.17) is 17.3 Å². The van der Waals surface area contributed by atoms with E-state index in [0.717, 1.165) is 5.56 Å². The van der Waals surface area contributed by atoms with Gasteiger partial charge in [0.15, 0.2) is 0 Å². The fraction of sp³-hybridized carbons (Fsp3) is 0.0769. The molecule has 0 saturated carbocycles. The molecule has 0 aliphatic heterocycles. The van der Waals surface area contributed by atoms with Crippen LogP contribution in [0, 0.1) is 5.82 Å². The zero-order chi connectivity index (χ0) is 11.5. The molecule has 16 heavy (non-hydrogen) atoms. The summed E-state index contributed by atoms with van der Waals surface area (Å²) in [5.41, 5.74) is 7.67. The Hall–Kier alpha value is -1.38. The number of hydrogen-bond donors (Lipinski definition) is 1. The summed E-state index contributed by atoms with van der Waals surface area (Å²) in [4.78, 5) is 0. The van der Waals surface area contributed by atoms with Gasteiger partial charge >= 0.3 is 0 Å². The van der Waals surface area contributed by atoms with Gasteiger partial charge in [-0.1, -0.05) is 35.9 Å². The van der Waals surface area contributed by atoms with Gasteiger partial charge in [-0.25, -0.2) is 4.39 Å². The Morgan fingerprint density at radius 1 is 1.06 bits per heavy atom. The minimum atomic E-state index is -0.279. The SMILES string of the molecule is NCc1ccc(Cl)c(-c2ccccc2F)c1. The number of halogens is 2. The molecular weight excluding hydrogens is 225 g/mol. The van der Waals surface area contributed by atoms with E-state index in [2.05, 4.69) is 0 Å². The number of benzene rings is 2. The van der Waals surface area contributed by atoms with Crippen LogP contribution in [0.5, 0.6) is 0 Å². The first kappa shape index (κ1) is 11.1. The van der Waals surface area contributed by atoms with Crippen LogP contribution in [0.15, 0.2) is 42.5 Å². The van der Waals surface area contributed by atoms with Crippen LogP contribution in [0.2, 0.25) is 5.02 Å². The van der Waals surface area contributed by atoms with E-state index in [1.165, 1.54) is 6.07 Å². The van der Waals surface area contributed by atoms with Crippen LogP contribution in [-0.2, 0) is 6.54 Å². The largest absolute Gasteiger partial charge is 0.326 e. The molecule has 82 valence electrons. The average Bonchev–Trinajstić information content (AvgIpc) is 2.31. The van der Waals surface area contributed by atoms with Crippen LogP contribution in [-0.4, -0.2) is 0 Å². The van der Waals surface area contributed by atoms with Crippen molar-refractivity contribution in [3.05, 3.63) is 58.9 Å². The van der Waals surface area contributed by atoms with Crippen molar-refractivity contribution in [2.75, 3.05) is 0 Å². The molecule has 0 radical (unpaired) electrons. The predicted molar refractivity (Wildman–Crippen MR) is 64.7 cm³/mol. The smallest absolute Gasteiger partial charge is 0.131 e. The van der Waals surface area contributed by atoms with Gasteiger partial charge in [0.2, 0.25) is 0 Å². The first-order valence-corrected chi connectivity index (χ1v) is 5.33. The van der Waals surface area contributed by atoms with Gasteiger partial charge in [0.1, 0.15) is 5.82 Å². The molecule has 1 nitrogen and oxygen atoms in total. The standard InChI is InChI=1S/C13H11ClFN/c14-12-6-5-9(8-16)7-11(12)10-3-1-2-4-13(10)15/h1-7H,8,16H2. The third-order valence-corrected chi connectivity index (χ3v) is 2.76. The Morgan fingerprint density at radius 3 is 2.50 bits per heavy atom. The van der Waals surface area contributed by atoms with Gasteiger partial charge in [0, 0.05) is 22.7 Å². The fourth-order valence-corrected chi connectivity index (χ4v) is 1.80. The molecule has 2 rings (SSSR count). The van der Waals surface area contributed by atoms with E-state index in [1.54, 1.807) is 24.3 Å². The Balaban J connectivity index is 2.59. The van der Waals surface area contributed by atoms with Crippen LogP contribution in [0.1, 0.15) is 5.56 Å². The van der Waals surface area contributed by atoms with Crippen LogP contribution in [0.4, 0.5) is 4.39 Å². The van der Waals surface area contributed by atoms with E-state index in [9.17, 15) is 4.39 Å². The lowest BCUT2D eigenvalue weighted by Crippen LogP contribution is -1.96. The molecule has 0 aliphatic carbocycles. The van der Waals surface area contributed by atoms with E-state index >= 15 is 0 Å². The second-order valence-electron chi connectivity index (χ2n) is 3.50. The van der Waals surface area contributed by atoms with Gasteiger partial charge in [0.25, 0.3) is 0 Å². The summed E-state index contributed by atoms with van der Waals surface area (Å²) in [5, 5.41) is 0.530. The fourth-order valence-electron chi connectivity index (χ4n) is 1.59. The maximum atomic E-state index is 13.6. The van der Waals surface area contributed by atoms with Crippen LogP contribution < -0.4 is 5.73 Å². The normalized spacial score (nSPS) is 10.4.